The van der Waals surface area contributed by atoms with E-state index in [1.54, 1.807) is 19.2 Å². The summed E-state index contributed by atoms with van der Waals surface area (Å²) in [6, 6.07) is 4.61. The monoisotopic (exact) mass is 256 g/mol. The number of hydrogen-bond acceptors (Lipinski definition) is 1. The molecule has 0 atom stereocenters. The lowest BCUT2D eigenvalue weighted by Gasteiger charge is -2.18. The number of rotatable bonds is 3. The maximum atomic E-state index is 13.5. The van der Waals surface area contributed by atoms with Crippen LogP contribution in [0.5, 0.6) is 0 Å². The third-order valence-electron chi connectivity index (χ3n) is 2.71. The van der Waals surface area contributed by atoms with E-state index in [1.165, 1.54) is 11.0 Å². The highest BCUT2D eigenvalue weighted by Crippen LogP contribution is 2.21. The molecule has 0 spiro atoms. The van der Waals surface area contributed by atoms with Crippen LogP contribution in [0.2, 0.25) is 5.02 Å². The Bertz CT molecular complexity index is 414. The van der Waals surface area contributed by atoms with Crippen molar-refractivity contribution in [1.82, 2.24) is 10.2 Å². The molecule has 0 saturated heterocycles. The molecule has 1 saturated carbocycles. The van der Waals surface area contributed by atoms with Crippen LogP contribution < -0.4 is 5.32 Å². The van der Waals surface area contributed by atoms with Crippen molar-refractivity contribution >= 4 is 17.6 Å². The van der Waals surface area contributed by atoms with Crippen LogP contribution in [0.3, 0.4) is 0 Å². The van der Waals surface area contributed by atoms with Gasteiger partial charge in [-0.1, -0.05) is 17.7 Å². The molecule has 0 unspecified atom stereocenters. The van der Waals surface area contributed by atoms with Gasteiger partial charge in [0.15, 0.2) is 0 Å². The van der Waals surface area contributed by atoms with Crippen molar-refractivity contribution in [2.24, 2.45) is 0 Å². The van der Waals surface area contributed by atoms with Crippen LogP contribution in [0.4, 0.5) is 9.18 Å². The molecule has 0 aliphatic heterocycles. The summed E-state index contributed by atoms with van der Waals surface area (Å²) >= 11 is 5.90. The molecule has 92 valence electrons. The average Bonchev–Trinajstić information content (AvgIpc) is 3.07. The van der Waals surface area contributed by atoms with Crippen molar-refractivity contribution in [3.63, 3.8) is 0 Å². The first-order valence-corrected chi connectivity index (χ1v) is 5.90. The van der Waals surface area contributed by atoms with Gasteiger partial charge in [0, 0.05) is 23.7 Å². The quantitative estimate of drug-likeness (QED) is 0.886. The van der Waals surface area contributed by atoms with E-state index in [9.17, 15) is 9.18 Å². The first-order valence-electron chi connectivity index (χ1n) is 5.52. The Morgan fingerprint density at radius 2 is 2.29 bits per heavy atom. The van der Waals surface area contributed by atoms with Gasteiger partial charge in [0.2, 0.25) is 0 Å². The molecule has 1 aliphatic rings. The lowest BCUT2D eigenvalue weighted by Crippen LogP contribution is -2.38. The summed E-state index contributed by atoms with van der Waals surface area (Å²) in [6.07, 6.45) is 2.06. The minimum Gasteiger partial charge on any atom is -0.335 e. The molecule has 1 fully saturated rings. The van der Waals surface area contributed by atoms with Crippen LogP contribution in [-0.4, -0.2) is 24.0 Å². The normalized spacial score (nSPS) is 14.5. The highest BCUT2D eigenvalue weighted by atomic mass is 35.5. The third kappa shape index (κ3) is 3.09. The molecule has 5 heteroatoms. The summed E-state index contributed by atoms with van der Waals surface area (Å²) in [5.41, 5.74) is 0.350. The Kier molecular flexibility index (Phi) is 3.52. The predicted molar refractivity (Wildman–Crippen MR) is 64.4 cm³/mol. The molecule has 17 heavy (non-hydrogen) atoms. The number of amides is 2. The first kappa shape index (κ1) is 12.2. The third-order valence-corrected chi connectivity index (χ3v) is 3.06. The number of nitrogens with one attached hydrogen (secondary N) is 1. The molecule has 1 aliphatic carbocycles. The fourth-order valence-corrected chi connectivity index (χ4v) is 1.73. The standard InChI is InChI=1S/C12H14ClFN2O/c1-16(12(17)15-8-5-6-8)7-9-10(13)3-2-4-11(9)14/h2-4,8H,5-7H2,1H3,(H,15,17). The Morgan fingerprint density at radius 1 is 1.59 bits per heavy atom. The van der Waals surface area contributed by atoms with Gasteiger partial charge in [0.1, 0.15) is 5.82 Å². The van der Waals surface area contributed by atoms with Crippen molar-refractivity contribution < 1.29 is 9.18 Å². The summed E-state index contributed by atoms with van der Waals surface area (Å²) in [5.74, 6) is -0.386. The van der Waals surface area contributed by atoms with Crippen LogP contribution in [0.15, 0.2) is 18.2 Å². The van der Waals surface area contributed by atoms with Crippen molar-refractivity contribution in [1.29, 1.82) is 0 Å². The molecular formula is C12H14ClFN2O. The number of halogens is 2. The van der Waals surface area contributed by atoms with Crippen molar-refractivity contribution in [2.75, 3.05) is 7.05 Å². The van der Waals surface area contributed by atoms with Gasteiger partial charge in [-0.25, -0.2) is 9.18 Å². The Balaban J connectivity index is 2.01. The van der Waals surface area contributed by atoms with Gasteiger partial charge in [0.05, 0.1) is 6.54 Å². The van der Waals surface area contributed by atoms with Crippen LogP contribution in [0.1, 0.15) is 18.4 Å². The van der Waals surface area contributed by atoms with Gasteiger partial charge < -0.3 is 10.2 Å². The largest absolute Gasteiger partial charge is 0.335 e. The first-order chi connectivity index (χ1) is 8.08. The number of carbonyl (C=O) groups excluding carboxylic acids is 1. The fourth-order valence-electron chi connectivity index (χ4n) is 1.50. The van der Waals surface area contributed by atoms with E-state index >= 15 is 0 Å². The predicted octanol–water partition coefficient (Wildman–Crippen LogP) is 2.78. The number of hydrogen-bond donors (Lipinski definition) is 1. The second-order valence-corrected chi connectivity index (χ2v) is 4.69. The SMILES string of the molecule is CN(Cc1c(F)cccc1Cl)C(=O)NC1CC1. The molecule has 2 rings (SSSR count). The number of nitrogens with zero attached hydrogens (tertiary/aromatic N) is 1. The molecule has 0 heterocycles. The van der Waals surface area contributed by atoms with Gasteiger partial charge >= 0.3 is 6.03 Å². The Morgan fingerprint density at radius 3 is 2.88 bits per heavy atom. The van der Waals surface area contributed by atoms with E-state index in [-0.39, 0.29) is 18.4 Å². The molecule has 0 radical (unpaired) electrons. The Labute approximate surface area is 105 Å². The highest BCUT2D eigenvalue weighted by molar-refractivity contribution is 6.31. The minimum atomic E-state index is -0.386. The van der Waals surface area contributed by atoms with Gasteiger partial charge in [0.25, 0.3) is 0 Å². The maximum absolute atomic E-state index is 13.5. The number of carbonyl (C=O) groups is 1. The van der Waals surface area contributed by atoms with E-state index in [2.05, 4.69) is 5.32 Å². The molecule has 1 aromatic carbocycles. The van der Waals surface area contributed by atoms with E-state index in [0.717, 1.165) is 12.8 Å². The van der Waals surface area contributed by atoms with E-state index in [1.807, 2.05) is 0 Å². The Hall–Kier alpha value is -1.29. The second kappa shape index (κ2) is 4.92. The zero-order valence-corrected chi connectivity index (χ0v) is 10.3. The second-order valence-electron chi connectivity index (χ2n) is 4.28. The molecule has 0 bridgehead atoms. The van der Waals surface area contributed by atoms with E-state index in [0.29, 0.717) is 16.6 Å². The molecule has 0 aromatic heterocycles. The van der Waals surface area contributed by atoms with Gasteiger partial charge in [-0.2, -0.15) is 0 Å². The average molecular weight is 257 g/mol. The van der Waals surface area contributed by atoms with Crippen LogP contribution in [-0.2, 0) is 6.54 Å². The summed E-state index contributed by atoms with van der Waals surface area (Å²) < 4.78 is 13.5. The molecule has 1 N–H and O–H groups in total. The minimum absolute atomic E-state index is 0.171. The van der Waals surface area contributed by atoms with Crippen molar-refractivity contribution in [2.45, 2.75) is 25.4 Å². The number of urea groups is 1. The van der Waals surface area contributed by atoms with E-state index < -0.39 is 0 Å². The van der Waals surface area contributed by atoms with Gasteiger partial charge in [-0.15, -0.1) is 0 Å². The topological polar surface area (TPSA) is 32.3 Å². The highest BCUT2D eigenvalue weighted by Gasteiger charge is 2.25. The van der Waals surface area contributed by atoms with Crippen LogP contribution >= 0.6 is 11.6 Å². The van der Waals surface area contributed by atoms with E-state index in [4.69, 9.17) is 11.6 Å². The lowest BCUT2D eigenvalue weighted by molar-refractivity contribution is 0.206. The zero-order valence-electron chi connectivity index (χ0n) is 9.54. The molecule has 1 aromatic rings. The summed E-state index contributed by atoms with van der Waals surface area (Å²) in [7, 11) is 1.63. The summed E-state index contributed by atoms with van der Waals surface area (Å²) in [6.45, 7) is 0.171. The fraction of sp³-hybridized carbons (Fsp3) is 0.417. The van der Waals surface area contributed by atoms with Gasteiger partial charge in [-0.05, 0) is 25.0 Å². The summed E-state index contributed by atoms with van der Waals surface area (Å²) in [5, 5.41) is 3.18. The summed E-state index contributed by atoms with van der Waals surface area (Å²) in [4.78, 5) is 13.1. The van der Waals surface area contributed by atoms with Crippen molar-refractivity contribution in [3.05, 3.63) is 34.6 Å². The zero-order chi connectivity index (χ0) is 12.4. The lowest BCUT2D eigenvalue weighted by atomic mass is 10.2. The van der Waals surface area contributed by atoms with Gasteiger partial charge in [-0.3, -0.25) is 0 Å². The molecule has 3 nitrogen and oxygen atoms in total. The van der Waals surface area contributed by atoms with Crippen LogP contribution in [0.25, 0.3) is 0 Å². The number of benzene rings is 1. The molecule has 2 amide bonds. The maximum Gasteiger partial charge on any atom is 0.317 e. The smallest absolute Gasteiger partial charge is 0.317 e. The van der Waals surface area contributed by atoms with Crippen molar-refractivity contribution in [3.8, 4) is 0 Å². The van der Waals surface area contributed by atoms with Crippen LogP contribution in [0, 0.1) is 5.82 Å². The molecular weight excluding hydrogens is 243 g/mol.